The number of fused-ring (bicyclic) bond motifs is 3. The lowest BCUT2D eigenvalue weighted by Crippen LogP contribution is -2.50. The maximum absolute atomic E-state index is 14.2. The van der Waals surface area contributed by atoms with Crippen molar-refractivity contribution in [3.05, 3.63) is 107 Å². The van der Waals surface area contributed by atoms with Gasteiger partial charge in [0.15, 0.2) is 23.2 Å². The van der Waals surface area contributed by atoms with Gasteiger partial charge in [-0.2, -0.15) is 0 Å². The Kier molecular flexibility index (Phi) is 6.51. The first-order valence-corrected chi connectivity index (χ1v) is 14.4. The van der Waals surface area contributed by atoms with Crippen molar-refractivity contribution in [1.82, 2.24) is 4.90 Å². The number of carbonyl (C=O) groups excluding carboxylic acids is 1. The summed E-state index contributed by atoms with van der Waals surface area (Å²) < 4.78 is 23.9. The Bertz CT molecular complexity index is 1430. The molecule has 7 heteroatoms. The van der Waals surface area contributed by atoms with Gasteiger partial charge in [0.1, 0.15) is 5.76 Å². The molecule has 0 bridgehead atoms. The minimum atomic E-state index is -1.77. The second-order valence-electron chi connectivity index (χ2n) is 11.6. The summed E-state index contributed by atoms with van der Waals surface area (Å²) in [7, 11) is 1.63. The van der Waals surface area contributed by atoms with Crippen LogP contribution in [0.3, 0.4) is 0 Å². The predicted molar refractivity (Wildman–Crippen MR) is 153 cm³/mol. The summed E-state index contributed by atoms with van der Waals surface area (Å²) in [5.41, 5.74) is 1.88. The third-order valence-corrected chi connectivity index (χ3v) is 9.26. The van der Waals surface area contributed by atoms with Crippen LogP contribution in [-0.2, 0) is 33.5 Å². The van der Waals surface area contributed by atoms with Crippen molar-refractivity contribution in [3.63, 3.8) is 0 Å². The maximum atomic E-state index is 14.2. The minimum Gasteiger partial charge on any atom is -0.497 e. The quantitative estimate of drug-likeness (QED) is 0.430. The lowest BCUT2D eigenvalue weighted by atomic mass is 9.77. The Morgan fingerprint density at radius 2 is 1.66 bits per heavy atom. The Hall–Kier alpha value is -3.81. The molecule has 1 fully saturated rings. The van der Waals surface area contributed by atoms with E-state index < -0.39 is 17.7 Å². The van der Waals surface area contributed by atoms with Crippen LogP contribution in [0, 0.1) is 0 Å². The molecular weight excluding hydrogens is 518 g/mol. The molecule has 0 radical (unpaired) electrons. The molecule has 0 saturated carbocycles. The van der Waals surface area contributed by atoms with Gasteiger partial charge in [0, 0.05) is 19.4 Å². The molecule has 7 nitrogen and oxygen atoms in total. The summed E-state index contributed by atoms with van der Waals surface area (Å²) in [6.45, 7) is 2.06. The van der Waals surface area contributed by atoms with Crippen molar-refractivity contribution in [2.24, 2.45) is 0 Å². The summed E-state index contributed by atoms with van der Waals surface area (Å²) in [5.74, 6) is 1.25. The van der Waals surface area contributed by atoms with Gasteiger partial charge in [0.25, 0.3) is 0 Å². The van der Waals surface area contributed by atoms with E-state index in [4.69, 9.17) is 18.9 Å². The Balaban J connectivity index is 1.28. The van der Waals surface area contributed by atoms with E-state index in [1.165, 1.54) is 5.56 Å². The molecule has 3 aromatic carbocycles. The standard InChI is InChI=1S/C34H35NO6/c1-38-29-21-33-14-8-15-35(33)16-13-25-17-27-28(40-22-39-27)18-26(25)30(33)31(29)41-32(36)34(37,19-23-9-4-2-5-10-23)20-24-11-6-3-7-12-24/h2-7,9-12,17-18,21,30-31,37H,8,13-16,19-20,22H2,1H3/t30-,31-,33+/m1/s1. The summed E-state index contributed by atoms with van der Waals surface area (Å²) in [4.78, 5) is 16.7. The number of hydrogen-bond donors (Lipinski definition) is 1. The van der Waals surface area contributed by atoms with E-state index in [2.05, 4.69) is 23.1 Å². The Morgan fingerprint density at radius 3 is 2.32 bits per heavy atom. The number of methoxy groups -OCH3 is 1. The third kappa shape index (κ3) is 4.48. The van der Waals surface area contributed by atoms with Gasteiger partial charge in [-0.3, -0.25) is 4.90 Å². The third-order valence-electron chi connectivity index (χ3n) is 9.26. The molecule has 3 aromatic rings. The van der Waals surface area contributed by atoms with Gasteiger partial charge in [0.2, 0.25) is 6.79 Å². The van der Waals surface area contributed by atoms with Gasteiger partial charge in [0.05, 0.1) is 18.6 Å². The molecule has 7 rings (SSSR count). The average molecular weight is 554 g/mol. The molecule has 1 aliphatic carbocycles. The zero-order chi connectivity index (χ0) is 28.0. The molecule has 3 atom stereocenters. The number of carbonyl (C=O) groups is 1. The molecule has 1 spiro atoms. The highest BCUT2D eigenvalue weighted by Crippen LogP contribution is 2.55. The van der Waals surface area contributed by atoms with E-state index in [0.29, 0.717) is 11.5 Å². The van der Waals surface area contributed by atoms with Crippen LogP contribution in [0.5, 0.6) is 11.5 Å². The van der Waals surface area contributed by atoms with Crippen molar-refractivity contribution < 1.29 is 28.8 Å². The zero-order valence-corrected chi connectivity index (χ0v) is 23.3. The number of benzene rings is 3. The normalized spacial score (nSPS) is 24.6. The van der Waals surface area contributed by atoms with Gasteiger partial charge in [-0.15, -0.1) is 0 Å². The van der Waals surface area contributed by atoms with E-state index in [1.807, 2.05) is 60.7 Å². The average Bonchev–Trinajstić information content (AvgIpc) is 3.67. The van der Waals surface area contributed by atoms with Crippen LogP contribution in [0.1, 0.15) is 41.0 Å². The second-order valence-corrected chi connectivity index (χ2v) is 11.6. The summed E-state index contributed by atoms with van der Waals surface area (Å²) in [6, 6.07) is 23.4. The number of aliphatic hydroxyl groups is 1. The number of rotatable bonds is 7. The van der Waals surface area contributed by atoms with Gasteiger partial charge < -0.3 is 24.1 Å². The van der Waals surface area contributed by atoms with Crippen molar-refractivity contribution >= 4 is 5.97 Å². The van der Waals surface area contributed by atoms with Crippen LogP contribution in [0.4, 0.5) is 0 Å². The molecule has 0 amide bonds. The summed E-state index contributed by atoms with van der Waals surface area (Å²) >= 11 is 0. The highest BCUT2D eigenvalue weighted by molar-refractivity contribution is 5.81. The molecule has 0 unspecified atom stereocenters. The first kappa shape index (κ1) is 26.1. The number of hydrogen-bond acceptors (Lipinski definition) is 7. The monoisotopic (exact) mass is 553 g/mol. The molecule has 1 saturated heterocycles. The van der Waals surface area contributed by atoms with Crippen LogP contribution in [-0.4, -0.2) is 60.2 Å². The first-order chi connectivity index (χ1) is 20.0. The minimum absolute atomic E-state index is 0.136. The van der Waals surface area contributed by atoms with Crippen LogP contribution in [0.2, 0.25) is 0 Å². The van der Waals surface area contributed by atoms with E-state index in [1.54, 1.807) is 7.11 Å². The molecule has 212 valence electrons. The van der Waals surface area contributed by atoms with E-state index in [9.17, 15) is 9.90 Å². The Labute approximate surface area is 240 Å². The van der Waals surface area contributed by atoms with Gasteiger partial charge in [-0.05, 0) is 66.3 Å². The molecule has 0 aromatic heterocycles. The lowest BCUT2D eigenvalue weighted by molar-refractivity contribution is -0.172. The van der Waals surface area contributed by atoms with Crippen LogP contribution in [0.15, 0.2) is 84.6 Å². The predicted octanol–water partition coefficient (Wildman–Crippen LogP) is 4.56. The smallest absolute Gasteiger partial charge is 0.339 e. The fraction of sp³-hybridized carbons (Fsp3) is 0.382. The van der Waals surface area contributed by atoms with E-state index in [0.717, 1.165) is 54.8 Å². The van der Waals surface area contributed by atoms with Gasteiger partial charge in [-0.25, -0.2) is 4.79 Å². The molecule has 3 heterocycles. The Morgan fingerprint density at radius 1 is 1.00 bits per heavy atom. The van der Waals surface area contributed by atoms with Crippen LogP contribution < -0.4 is 9.47 Å². The van der Waals surface area contributed by atoms with Crippen molar-refractivity contribution in [3.8, 4) is 11.5 Å². The molecule has 3 aliphatic heterocycles. The summed E-state index contributed by atoms with van der Waals surface area (Å²) in [5, 5.41) is 12.1. The molecular formula is C34H35NO6. The highest BCUT2D eigenvalue weighted by Gasteiger charge is 2.59. The SMILES string of the molecule is COC1=C[C@]23CCCN2CCc2cc4c(cc2[C@@H]3[C@@H]1OC(=O)C(O)(Cc1ccccc1)Cc1ccccc1)OCO4. The van der Waals surface area contributed by atoms with E-state index in [-0.39, 0.29) is 31.1 Å². The highest BCUT2D eigenvalue weighted by atomic mass is 16.7. The largest absolute Gasteiger partial charge is 0.497 e. The molecule has 1 N–H and O–H groups in total. The van der Waals surface area contributed by atoms with Crippen LogP contribution >= 0.6 is 0 Å². The van der Waals surface area contributed by atoms with Crippen molar-refractivity contribution in [2.75, 3.05) is 27.0 Å². The lowest BCUT2D eigenvalue weighted by Gasteiger charge is -2.39. The summed E-state index contributed by atoms with van der Waals surface area (Å²) in [6.07, 6.45) is 4.61. The van der Waals surface area contributed by atoms with Crippen molar-refractivity contribution in [1.29, 1.82) is 0 Å². The van der Waals surface area contributed by atoms with Gasteiger partial charge >= 0.3 is 5.97 Å². The van der Waals surface area contributed by atoms with Gasteiger partial charge in [-0.1, -0.05) is 60.7 Å². The zero-order valence-electron chi connectivity index (χ0n) is 23.3. The fourth-order valence-corrected chi connectivity index (χ4v) is 7.39. The number of ether oxygens (including phenoxy) is 4. The first-order valence-electron chi connectivity index (χ1n) is 14.4. The van der Waals surface area contributed by atoms with Crippen molar-refractivity contribution in [2.45, 2.75) is 55.3 Å². The molecule has 41 heavy (non-hydrogen) atoms. The topological polar surface area (TPSA) is 77.5 Å². The number of esters is 1. The molecule has 4 aliphatic rings. The maximum Gasteiger partial charge on any atom is 0.339 e. The van der Waals surface area contributed by atoms with E-state index >= 15 is 0 Å². The second kappa shape index (κ2) is 10.2. The van der Waals surface area contributed by atoms with Crippen LogP contribution in [0.25, 0.3) is 0 Å². The fourth-order valence-electron chi connectivity index (χ4n) is 7.39. The number of nitrogens with zero attached hydrogens (tertiary/aromatic N) is 1.